The van der Waals surface area contributed by atoms with Gasteiger partial charge < -0.3 is 16.0 Å². The summed E-state index contributed by atoms with van der Waals surface area (Å²) >= 11 is 5.90. The fourth-order valence-corrected chi connectivity index (χ4v) is 2.94. The number of anilines is 1. The van der Waals surface area contributed by atoms with E-state index in [1.807, 2.05) is 12.1 Å². The average Bonchev–Trinajstić information content (AvgIpc) is 2.45. The molecule has 0 radical (unpaired) electrons. The van der Waals surface area contributed by atoms with E-state index in [2.05, 4.69) is 17.1 Å². The van der Waals surface area contributed by atoms with Crippen molar-refractivity contribution < 1.29 is 4.79 Å². The van der Waals surface area contributed by atoms with Crippen molar-refractivity contribution in [3.05, 3.63) is 29.3 Å². The van der Waals surface area contributed by atoms with Gasteiger partial charge in [0.15, 0.2) is 0 Å². The fraction of sp³-hybridized carbons (Fsp3) is 0.562. The van der Waals surface area contributed by atoms with E-state index < -0.39 is 0 Å². The first-order valence-corrected chi connectivity index (χ1v) is 7.96. The highest BCUT2D eigenvalue weighted by Gasteiger charge is 2.21. The third-order valence-electron chi connectivity index (χ3n) is 4.14. The van der Waals surface area contributed by atoms with Crippen molar-refractivity contribution >= 4 is 23.2 Å². The first-order valence-electron chi connectivity index (χ1n) is 7.58. The Morgan fingerprint density at radius 2 is 2.19 bits per heavy atom. The summed E-state index contributed by atoms with van der Waals surface area (Å²) in [5, 5.41) is 3.51. The Bertz CT molecular complexity index is 470. The van der Waals surface area contributed by atoms with Crippen LogP contribution < -0.4 is 11.1 Å². The zero-order chi connectivity index (χ0) is 15.2. The molecular formula is C16H24ClN3O. The largest absolute Gasteiger partial charge is 0.328 e. The van der Waals surface area contributed by atoms with Crippen LogP contribution in [-0.4, -0.2) is 36.5 Å². The number of carbonyl (C=O) groups excluding carboxylic acids is 1. The molecule has 1 saturated heterocycles. The topological polar surface area (TPSA) is 58.4 Å². The summed E-state index contributed by atoms with van der Waals surface area (Å²) < 4.78 is 0. The Labute approximate surface area is 131 Å². The molecule has 0 saturated carbocycles. The predicted octanol–water partition coefficient (Wildman–Crippen LogP) is 2.73. The standard InChI is InChI=1S/C16H24ClN3O/c1-12(18)13-5-8-20(9-6-13)10-7-16(21)19-15-4-2-3-14(17)11-15/h2-4,11-13H,5-10,18H2,1H3,(H,19,21). The van der Waals surface area contributed by atoms with Crippen LogP contribution in [0.25, 0.3) is 0 Å². The maximum Gasteiger partial charge on any atom is 0.225 e. The molecule has 0 bridgehead atoms. The van der Waals surface area contributed by atoms with Gasteiger partial charge in [-0.3, -0.25) is 4.79 Å². The third kappa shape index (κ3) is 5.30. The summed E-state index contributed by atoms with van der Waals surface area (Å²) in [6.45, 7) is 4.96. The van der Waals surface area contributed by atoms with E-state index in [9.17, 15) is 4.79 Å². The first kappa shape index (κ1) is 16.3. The Kier molecular flexibility index (Phi) is 6.03. The monoisotopic (exact) mass is 309 g/mol. The zero-order valence-electron chi connectivity index (χ0n) is 12.5. The molecular weight excluding hydrogens is 286 g/mol. The highest BCUT2D eigenvalue weighted by atomic mass is 35.5. The van der Waals surface area contributed by atoms with Crippen molar-refractivity contribution in [2.75, 3.05) is 25.0 Å². The maximum atomic E-state index is 11.9. The molecule has 0 aromatic heterocycles. The van der Waals surface area contributed by atoms with Crippen LogP contribution in [0.5, 0.6) is 0 Å². The molecule has 1 aromatic rings. The van der Waals surface area contributed by atoms with E-state index >= 15 is 0 Å². The molecule has 1 aromatic carbocycles. The number of amides is 1. The van der Waals surface area contributed by atoms with Crippen molar-refractivity contribution in [2.24, 2.45) is 11.7 Å². The Morgan fingerprint density at radius 3 is 2.81 bits per heavy atom. The van der Waals surface area contributed by atoms with E-state index in [1.165, 1.54) is 0 Å². The molecule has 1 atom stereocenters. The highest BCUT2D eigenvalue weighted by molar-refractivity contribution is 6.30. The number of hydrogen-bond acceptors (Lipinski definition) is 3. The zero-order valence-corrected chi connectivity index (χ0v) is 13.3. The summed E-state index contributed by atoms with van der Waals surface area (Å²) in [5.41, 5.74) is 6.69. The lowest BCUT2D eigenvalue weighted by Gasteiger charge is -2.33. The van der Waals surface area contributed by atoms with E-state index in [1.54, 1.807) is 12.1 Å². The quantitative estimate of drug-likeness (QED) is 0.879. The SMILES string of the molecule is CC(N)C1CCN(CCC(=O)Nc2cccc(Cl)c2)CC1. The second kappa shape index (κ2) is 7.78. The van der Waals surface area contributed by atoms with Crippen molar-refractivity contribution in [1.82, 2.24) is 4.90 Å². The van der Waals surface area contributed by atoms with E-state index in [0.29, 0.717) is 17.4 Å². The lowest BCUT2D eigenvalue weighted by Crippen LogP contribution is -2.40. The maximum absolute atomic E-state index is 11.9. The van der Waals surface area contributed by atoms with Gasteiger partial charge in [-0.1, -0.05) is 17.7 Å². The van der Waals surface area contributed by atoms with Gasteiger partial charge in [0, 0.05) is 29.7 Å². The van der Waals surface area contributed by atoms with Gasteiger partial charge in [-0.15, -0.1) is 0 Å². The minimum absolute atomic E-state index is 0.0339. The van der Waals surface area contributed by atoms with Crippen LogP contribution in [0.4, 0.5) is 5.69 Å². The van der Waals surface area contributed by atoms with E-state index in [4.69, 9.17) is 17.3 Å². The molecule has 1 aliphatic rings. The van der Waals surface area contributed by atoms with Crippen LogP contribution in [-0.2, 0) is 4.79 Å². The van der Waals surface area contributed by atoms with Gasteiger partial charge in [-0.05, 0) is 57.0 Å². The third-order valence-corrected chi connectivity index (χ3v) is 4.37. The lowest BCUT2D eigenvalue weighted by molar-refractivity contribution is -0.116. The minimum atomic E-state index is 0.0339. The lowest BCUT2D eigenvalue weighted by atomic mass is 9.91. The molecule has 2 rings (SSSR count). The second-order valence-electron chi connectivity index (χ2n) is 5.85. The molecule has 1 aliphatic heterocycles. The number of rotatable bonds is 5. The van der Waals surface area contributed by atoms with E-state index in [0.717, 1.165) is 38.2 Å². The van der Waals surface area contributed by atoms with Crippen LogP contribution in [0.1, 0.15) is 26.2 Å². The molecule has 3 N–H and O–H groups in total. The number of benzene rings is 1. The second-order valence-corrected chi connectivity index (χ2v) is 6.28. The molecule has 1 fully saturated rings. The van der Waals surface area contributed by atoms with Gasteiger partial charge in [-0.25, -0.2) is 0 Å². The van der Waals surface area contributed by atoms with Gasteiger partial charge in [0.2, 0.25) is 5.91 Å². The molecule has 1 unspecified atom stereocenters. The molecule has 1 heterocycles. The van der Waals surface area contributed by atoms with Gasteiger partial charge in [0.25, 0.3) is 0 Å². The molecule has 4 nitrogen and oxygen atoms in total. The number of likely N-dealkylation sites (tertiary alicyclic amines) is 1. The van der Waals surface area contributed by atoms with Crippen molar-refractivity contribution in [2.45, 2.75) is 32.2 Å². The minimum Gasteiger partial charge on any atom is -0.328 e. The average molecular weight is 310 g/mol. The summed E-state index contributed by atoms with van der Waals surface area (Å²) in [7, 11) is 0. The molecule has 0 spiro atoms. The number of carbonyl (C=O) groups is 1. The van der Waals surface area contributed by atoms with Gasteiger partial charge in [0.05, 0.1) is 0 Å². The first-order chi connectivity index (χ1) is 10.0. The van der Waals surface area contributed by atoms with E-state index in [-0.39, 0.29) is 11.9 Å². The Balaban J connectivity index is 1.70. The van der Waals surface area contributed by atoms with Crippen LogP contribution in [0, 0.1) is 5.92 Å². The smallest absolute Gasteiger partial charge is 0.225 e. The highest BCUT2D eigenvalue weighted by Crippen LogP contribution is 2.20. The Hall–Kier alpha value is -1.10. The number of piperidine rings is 1. The molecule has 21 heavy (non-hydrogen) atoms. The van der Waals surface area contributed by atoms with Gasteiger partial charge >= 0.3 is 0 Å². The molecule has 0 aliphatic carbocycles. The van der Waals surface area contributed by atoms with Crippen molar-refractivity contribution in [1.29, 1.82) is 0 Å². The summed E-state index contributed by atoms with van der Waals surface area (Å²) in [5.74, 6) is 0.660. The van der Waals surface area contributed by atoms with Crippen LogP contribution in [0.3, 0.4) is 0 Å². The number of nitrogens with zero attached hydrogens (tertiary/aromatic N) is 1. The van der Waals surface area contributed by atoms with Crippen molar-refractivity contribution in [3.63, 3.8) is 0 Å². The van der Waals surface area contributed by atoms with Gasteiger partial charge in [-0.2, -0.15) is 0 Å². The molecule has 5 heteroatoms. The van der Waals surface area contributed by atoms with Gasteiger partial charge in [0.1, 0.15) is 0 Å². The number of hydrogen-bond donors (Lipinski definition) is 2. The van der Waals surface area contributed by atoms with Crippen molar-refractivity contribution in [3.8, 4) is 0 Å². The summed E-state index contributed by atoms with van der Waals surface area (Å²) in [6.07, 6.45) is 2.77. The number of nitrogens with two attached hydrogens (primary N) is 1. The Morgan fingerprint density at radius 1 is 1.48 bits per heavy atom. The molecule has 116 valence electrons. The van der Waals surface area contributed by atoms with Crippen LogP contribution in [0.2, 0.25) is 5.02 Å². The predicted molar refractivity (Wildman–Crippen MR) is 87.5 cm³/mol. The fourth-order valence-electron chi connectivity index (χ4n) is 2.75. The van der Waals surface area contributed by atoms with Crippen LogP contribution >= 0.6 is 11.6 Å². The number of nitrogens with one attached hydrogen (secondary N) is 1. The number of halogens is 1. The van der Waals surface area contributed by atoms with Crippen LogP contribution in [0.15, 0.2) is 24.3 Å². The summed E-state index contributed by atoms with van der Waals surface area (Å²) in [6, 6.07) is 7.50. The normalized spacial score (nSPS) is 18.4. The summed E-state index contributed by atoms with van der Waals surface area (Å²) in [4.78, 5) is 14.3. The molecule has 1 amide bonds.